The monoisotopic (exact) mass is 189 g/mol. The van der Waals surface area contributed by atoms with Gasteiger partial charge in [0.25, 0.3) is 0 Å². The minimum atomic E-state index is 0.267. The van der Waals surface area contributed by atoms with Crippen molar-refractivity contribution in [2.45, 2.75) is 39.2 Å². The van der Waals surface area contributed by atoms with Crippen molar-refractivity contribution >= 4 is 0 Å². The zero-order valence-corrected chi connectivity index (χ0v) is 9.09. The highest BCUT2D eigenvalue weighted by Gasteiger charge is 2.26. The highest BCUT2D eigenvalue weighted by Crippen LogP contribution is 2.37. The molecule has 0 radical (unpaired) electrons. The van der Waals surface area contributed by atoms with Crippen molar-refractivity contribution in [2.24, 2.45) is 11.7 Å². The molecule has 0 bridgehead atoms. The van der Waals surface area contributed by atoms with Gasteiger partial charge in [0.15, 0.2) is 0 Å². The van der Waals surface area contributed by atoms with E-state index in [1.165, 1.54) is 36.0 Å². The maximum absolute atomic E-state index is 6.27. The Morgan fingerprint density at radius 1 is 1.29 bits per heavy atom. The molecule has 1 aromatic rings. The van der Waals surface area contributed by atoms with Crippen LogP contribution in [0.25, 0.3) is 0 Å². The van der Waals surface area contributed by atoms with Crippen LogP contribution >= 0.6 is 0 Å². The van der Waals surface area contributed by atoms with E-state index in [0.29, 0.717) is 0 Å². The van der Waals surface area contributed by atoms with Crippen LogP contribution in [-0.2, 0) is 0 Å². The van der Waals surface area contributed by atoms with Gasteiger partial charge in [-0.05, 0) is 43.7 Å². The second-order valence-electron chi connectivity index (χ2n) is 4.58. The summed E-state index contributed by atoms with van der Waals surface area (Å²) in [5, 5.41) is 0. The average molecular weight is 189 g/mol. The number of rotatable bonds is 2. The van der Waals surface area contributed by atoms with Crippen molar-refractivity contribution in [1.29, 1.82) is 0 Å². The highest BCUT2D eigenvalue weighted by atomic mass is 14.7. The Hall–Kier alpha value is -0.820. The summed E-state index contributed by atoms with van der Waals surface area (Å²) in [5.41, 5.74) is 10.3. The lowest BCUT2D eigenvalue weighted by atomic mass is 9.76. The summed E-state index contributed by atoms with van der Waals surface area (Å²) in [6.07, 6.45) is 3.99. The first-order valence-corrected chi connectivity index (χ1v) is 5.51. The minimum Gasteiger partial charge on any atom is -0.324 e. The Labute approximate surface area is 86.3 Å². The van der Waals surface area contributed by atoms with Crippen molar-refractivity contribution in [1.82, 2.24) is 0 Å². The summed E-state index contributed by atoms with van der Waals surface area (Å²) in [7, 11) is 0. The fourth-order valence-electron chi connectivity index (χ4n) is 2.17. The summed E-state index contributed by atoms with van der Waals surface area (Å²) in [6, 6.07) is 6.86. The average Bonchev–Trinajstić information content (AvgIpc) is 2.06. The van der Waals surface area contributed by atoms with Gasteiger partial charge in [-0.15, -0.1) is 0 Å². The Kier molecular flexibility index (Phi) is 2.60. The number of aryl methyl sites for hydroxylation is 2. The number of hydrogen-bond donors (Lipinski definition) is 1. The molecular formula is C13H19N. The second kappa shape index (κ2) is 3.74. The molecule has 1 atom stereocenters. The molecule has 0 spiro atoms. The van der Waals surface area contributed by atoms with Gasteiger partial charge in [0.2, 0.25) is 0 Å². The van der Waals surface area contributed by atoms with Crippen molar-refractivity contribution in [3.05, 3.63) is 34.9 Å². The van der Waals surface area contributed by atoms with Gasteiger partial charge >= 0.3 is 0 Å². The maximum atomic E-state index is 6.27. The van der Waals surface area contributed by atoms with Crippen LogP contribution in [0.15, 0.2) is 18.2 Å². The number of hydrogen-bond acceptors (Lipinski definition) is 1. The van der Waals surface area contributed by atoms with Gasteiger partial charge in [-0.1, -0.05) is 30.2 Å². The molecule has 0 aliphatic heterocycles. The molecule has 0 amide bonds. The van der Waals surface area contributed by atoms with Gasteiger partial charge in [0.1, 0.15) is 0 Å². The fraction of sp³-hybridized carbons (Fsp3) is 0.538. The van der Waals surface area contributed by atoms with E-state index >= 15 is 0 Å². The Balaban J connectivity index is 2.24. The van der Waals surface area contributed by atoms with Crippen LogP contribution in [0.4, 0.5) is 0 Å². The van der Waals surface area contributed by atoms with Crippen LogP contribution in [0.5, 0.6) is 0 Å². The standard InChI is InChI=1S/C13H19N/c1-9-6-7-10(2)12(8-9)13(14)11-4-3-5-11/h6-8,11,13H,3-5,14H2,1-2H3/t13-/m0/s1. The summed E-state index contributed by atoms with van der Waals surface area (Å²) >= 11 is 0. The van der Waals surface area contributed by atoms with Crippen LogP contribution in [0, 0.1) is 19.8 Å². The summed E-state index contributed by atoms with van der Waals surface area (Å²) in [4.78, 5) is 0. The molecule has 1 nitrogen and oxygen atoms in total. The Morgan fingerprint density at radius 3 is 2.57 bits per heavy atom. The lowest BCUT2D eigenvalue weighted by Gasteiger charge is -2.32. The molecule has 76 valence electrons. The topological polar surface area (TPSA) is 26.0 Å². The van der Waals surface area contributed by atoms with E-state index in [1.807, 2.05) is 0 Å². The van der Waals surface area contributed by atoms with Crippen molar-refractivity contribution in [3.63, 3.8) is 0 Å². The highest BCUT2D eigenvalue weighted by molar-refractivity contribution is 5.33. The third-order valence-electron chi connectivity index (χ3n) is 3.45. The molecule has 14 heavy (non-hydrogen) atoms. The van der Waals surface area contributed by atoms with Crippen molar-refractivity contribution in [3.8, 4) is 0 Å². The first kappa shape index (κ1) is 9.72. The summed E-state index contributed by atoms with van der Waals surface area (Å²) in [5.74, 6) is 0.732. The molecule has 0 unspecified atom stereocenters. The lowest BCUT2D eigenvalue weighted by Crippen LogP contribution is -2.27. The third-order valence-corrected chi connectivity index (χ3v) is 3.45. The normalized spacial score (nSPS) is 19.1. The molecular weight excluding hydrogens is 170 g/mol. The van der Waals surface area contributed by atoms with Gasteiger partial charge in [0, 0.05) is 6.04 Å². The molecule has 0 aromatic heterocycles. The number of benzene rings is 1. The lowest BCUT2D eigenvalue weighted by molar-refractivity contribution is 0.264. The SMILES string of the molecule is Cc1ccc(C)c([C@@H](N)C2CCC2)c1. The molecule has 2 N–H and O–H groups in total. The van der Waals surface area contributed by atoms with E-state index < -0.39 is 0 Å². The van der Waals surface area contributed by atoms with E-state index in [9.17, 15) is 0 Å². The van der Waals surface area contributed by atoms with Crippen LogP contribution in [-0.4, -0.2) is 0 Å². The molecule has 1 fully saturated rings. The Morgan fingerprint density at radius 2 is 2.00 bits per heavy atom. The molecule has 1 saturated carbocycles. The zero-order valence-electron chi connectivity index (χ0n) is 9.09. The van der Waals surface area contributed by atoms with E-state index in [2.05, 4.69) is 32.0 Å². The second-order valence-corrected chi connectivity index (χ2v) is 4.58. The van der Waals surface area contributed by atoms with E-state index in [1.54, 1.807) is 0 Å². The van der Waals surface area contributed by atoms with E-state index in [4.69, 9.17) is 5.73 Å². The predicted octanol–water partition coefficient (Wildman–Crippen LogP) is 3.10. The van der Waals surface area contributed by atoms with Gasteiger partial charge < -0.3 is 5.73 Å². The van der Waals surface area contributed by atoms with Gasteiger partial charge in [0.05, 0.1) is 0 Å². The first-order chi connectivity index (χ1) is 6.68. The van der Waals surface area contributed by atoms with Crippen LogP contribution in [0.2, 0.25) is 0 Å². The van der Waals surface area contributed by atoms with Gasteiger partial charge in [-0.25, -0.2) is 0 Å². The van der Waals surface area contributed by atoms with Crippen LogP contribution in [0.3, 0.4) is 0 Å². The van der Waals surface area contributed by atoms with Crippen molar-refractivity contribution < 1.29 is 0 Å². The molecule has 1 aliphatic carbocycles. The van der Waals surface area contributed by atoms with Crippen molar-refractivity contribution in [2.75, 3.05) is 0 Å². The quantitative estimate of drug-likeness (QED) is 0.760. The molecule has 0 saturated heterocycles. The smallest absolute Gasteiger partial charge is 0.0326 e. The molecule has 2 rings (SSSR count). The maximum Gasteiger partial charge on any atom is 0.0326 e. The molecule has 1 aliphatic rings. The zero-order chi connectivity index (χ0) is 10.1. The molecule has 0 heterocycles. The van der Waals surface area contributed by atoms with Gasteiger partial charge in [-0.2, -0.15) is 0 Å². The van der Waals surface area contributed by atoms with E-state index in [0.717, 1.165) is 5.92 Å². The Bertz CT molecular complexity index is 326. The van der Waals surface area contributed by atoms with Gasteiger partial charge in [-0.3, -0.25) is 0 Å². The summed E-state index contributed by atoms with van der Waals surface area (Å²) < 4.78 is 0. The summed E-state index contributed by atoms with van der Waals surface area (Å²) in [6.45, 7) is 4.30. The minimum absolute atomic E-state index is 0.267. The molecule has 1 heteroatoms. The van der Waals surface area contributed by atoms with Crippen LogP contribution in [0.1, 0.15) is 42.0 Å². The third kappa shape index (κ3) is 1.69. The van der Waals surface area contributed by atoms with Crippen LogP contribution < -0.4 is 5.73 Å². The largest absolute Gasteiger partial charge is 0.324 e. The predicted molar refractivity (Wildman–Crippen MR) is 60.2 cm³/mol. The fourth-order valence-corrected chi connectivity index (χ4v) is 2.17. The molecule has 1 aromatic carbocycles. The first-order valence-electron chi connectivity index (χ1n) is 5.51. The number of nitrogens with two attached hydrogens (primary N) is 1. The van der Waals surface area contributed by atoms with E-state index in [-0.39, 0.29) is 6.04 Å².